The summed E-state index contributed by atoms with van der Waals surface area (Å²) in [4.78, 5) is 2.39. The van der Waals surface area contributed by atoms with E-state index in [-0.39, 0.29) is 0 Å². The van der Waals surface area contributed by atoms with E-state index >= 15 is 0 Å². The first-order chi connectivity index (χ1) is 9.79. The molecule has 0 aromatic heterocycles. The van der Waals surface area contributed by atoms with Crippen molar-refractivity contribution in [3.05, 3.63) is 29.8 Å². The molecule has 1 heterocycles. The molecule has 0 spiro atoms. The topological polar surface area (TPSA) is 36.5 Å². The quantitative estimate of drug-likeness (QED) is 0.811. The van der Waals surface area contributed by atoms with Crippen LogP contribution in [-0.2, 0) is 11.2 Å². The predicted octanol–water partition coefficient (Wildman–Crippen LogP) is 1.87. The van der Waals surface area contributed by atoms with Crippen molar-refractivity contribution in [1.29, 1.82) is 0 Å². The third-order valence-electron chi connectivity index (χ3n) is 3.46. The van der Waals surface area contributed by atoms with Crippen LogP contribution in [0.5, 0.6) is 0 Å². The lowest BCUT2D eigenvalue weighted by Gasteiger charge is -2.26. The van der Waals surface area contributed by atoms with Crippen molar-refractivity contribution in [1.82, 2.24) is 10.2 Å². The summed E-state index contributed by atoms with van der Waals surface area (Å²) >= 11 is 5.34. The second kappa shape index (κ2) is 8.19. The Kier molecular flexibility index (Phi) is 6.24. The molecule has 5 heteroatoms. The Morgan fingerprint density at radius 2 is 2.05 bits per heavy atom. The molecule has 0 bridgehead atoms. The second-order valence-corrected chi connectivity index (χ2v) is 5.25. The van der Waals surface area contributed by atoms with Crippen LogP contribution >= 0.6 is 12.2 Å². The maximum Gasteiger partial charge on any atom is 0.170 e. The van der Waals surface area contributed by atoms with E-state index in [0.717, 1.165) is 51.5 Å². The molecule has 2 rings (SSSR count). The van der Waals surface area contributed by atoms with Crippen molar-refractivity contribution >= 4 is 23.0 Å². The van der Waals surface area contributed by atoms with Crippen molar-refractivity contribution in [2.24, 2.45) is 0 Å². The molecule has 0 aliphatic carbocycles. The number of morpholine rings is 1. The van der Waals surface area contributed by atoms with Crippen LogP contribution in [0.3, 0.4) is 0 Å². The van der Waals surface area contributed by atoms with Gasteiger partial charge >= 0.3 is 0 Å². The number of para-hydroxylation sites is 1. The Balaban J connectivity index is 1.72. The van der Waals surface area contributed by atoms with Crippen molar-refractivity contribution in [3.63, 3.8) is 0 Å². The molecular weight excluding hydrogens is 270 g/mol. The lowest BCUT2D eigenvalue weighted by atomic mass is 10.1. The lowest BCUT2D eigenvalue weighted by molar-refractivity contribution is 0.0389. The standard InChI is InChI=1S/C15H23N3OS/c1-2-13-5-3-4-6-14(13)17-15(20)16-7-8-18-9-11-19-12-10-18/h3-6H,2,7-12H2,1H3,(H2,16,17,20). The van der Waals surface area contributed by atoms with Gasteiger partial charge in [0.1, 0.15) is 0 Å². The highest BCUT2D eigenvalue weighted by molar-refractivity contribution is 7.80. The van der Waals surface area contributed by atoms with Gasteiger partial charge < -0.3 is 15.4 Å². The summed E-state index contributed by atoms with van der Waals surface area (Å²) in [6.45, 7) is 7.72. The molecule has 0 saturated carbocycles. The van der Waals surface area contributed by atoms with Crippen LogP contribution in [0.4, 0.5) is 5.69 Å². The first kappa shape index (κ1) is 15.2. The van der Waals surface area contributed by atoms with Gasteiger partial charge in [-0.3, -0.25) is 4.90 Å². The number of hydrogen-bond donors (Lipinski definition) is 2. The third kappa shape index (κ3) is 4.74. The summed E-state index contributed by atoms with van der Waals surface area (Å²) in [6, 6.07) is 8.27. The van der Waals surface area contributed by atoms with E-state index in [9.17, 15) is 0 Å². The van der Waals surface area contributed by atoms with E-state index in [4.69, 9.17) is 17.0 Å². The Hall–Kier alpha value is -1.17. The highest BCUT2D eigenvalue weighted by atomic mass is 32.1. The van der Waals surface area contributed by atoms with E-state index in [0.29, 0.717) is 5.11 Å². The highest BCUT2D eigenvalue weighted by Gasteiger charge is 2.09. The molecule has 1 saturated heterocycles. The van der Waals surface area contributed by atoms with Gasteiger partial charge in [0.25, 0.3) is 0 Å². The van der Waals surface area contributed by atoms with Crippen molar-refractivity contribution in [2.45, 2.75) is 13.3 Å². The van der Waals surface area contributed by atoms with Crippen molar-refractivity contribution < 1.29 is 4.74 Å². The van der Waals surface area contributed by atoms with E-state index < -0.39 is 0 Å². The normalized spacial score (nSPS) is 15.8. The summed E-state index contributed by atoms with van der Waals surface area (Å²) in [5.41, 5.74) is 2.38. The van der Waals surface area contributed by atoms with Crippen LogP contribution in [-0.4, -0.2) is 49.4 Å². The van der Waals surface area contributed by atoms with Crippen LogP contribution in [0.25, 0.3) is 0 Å². The van der Waals surface area contributed by atoms with Gasteiger partial charge in [-0.05, 0) is 30.3 Å². The van der Waals surface area contributed by atoms with Gasteiger partial charge in [0.05, 0.1) is 13.2 Å². The molecule has 110 valence electrons. The number of nitrogens with one attached hydrogen (secondary N) is 2. The predicted molar refractivity (Wildman–Crippen MR) is 87.3 cm³/mol. The number of aryl methyl sites for hydroxylation is 1. The Morgan fingerprint density at radius 1 is 1.30 bits per heavy atom. The Labute approximate surface area is 126 Å². The van der Waals surface area contributed by atoms with Gasteiger partial charge in [-0.15, -0.1) is 0 Å². The molecule has 1 aromatic carbocycles. The average Bonchev–Trinajstić information content (AvgIpc) is 2.49. The fourth-order valence-electron chi connectivity index (χ4n) is 2.27. The average molecular weight is 293 g/mol. The number of hydrogen-bond acceptors (Lipinski definition) is 3. The summed E-state index contributed by atoms with van der Waals surface area (Å²) in [6.07, 6.45) is 1.000. The highest BCUT2D eigenvalue weighted by Crippen LogP contribution is 2.14. The molecule has 1 aliphatic rings. The van der Waals surface area contributed by atoms with Gasteiger partial charge in [-0.2, -0.15) is 0 Å². The fraction of sp³-hybridized carbons (Fsp3) is 0.533. The van der Waals surface area contributed by atoms with Crippen LogP contribution in [0.15, 0.2) is 24.3 Å². The van der Waals surface area contributed by atoms with Crippen molar-refractivity contribution in [3.8, 4) is 0 Å². The zero-order valence-corrected chi connectivity index (χ0v) is 12.8. The molecule has 2 N–H and O–H groups in total. The number of benzene rings is 1. The van der Waals surface area contributed by atoms with Gasteiger partial charge in [-0.1, -0.05) is 25.1 Å². The van der Waals surface area contributed by atoms with Gasteiger partial charge in [0, 0.05) is 31.9 Å². The first-order valence-electron chi connectivity index (χ1n) is 7.22. The van der Waals surface area contributed by atoms with E-state index in [1.54, 1.807) is 0 Å². The zero-order valence-electron chi connectivity index (χ0n) is 12.0. The second-order valence-electron chi connectivity index (χ2n) is 4.85. The van der Waals surface area contributed by atoms with Gasteiger partial charge in [0.2, 0.25) is 0 Å². The number of nitrogens with zero attached hydrogens (tertiary/aromatic N) is 1. The zero-order chi connectivity index (χ0) is 14.2. The van der Waals surface area contributed by atoms with Crippen LogP contribution < -0.4 is 10.6 Å². The smallest absolute Gasteiger partial charge is 0.170 e. The Bertz CT molecular complexity index is 433. The van der Waals surface area contributed by atoms with Gasteiger partial charge in [-0.25, -0.2) is 0 Å². The van der Waals surface area contributed by atoms with Crippen LogP contribution in [0, 0.1) is 0 Å². The van der Waals surface area contributed by atoms with Crippen LogP contribution in [0.2, 0.25) is 0 Å². The number of thiocarbonyl (C=S) groups is 1. The minimum absolute atomic E-state index is 0.694. The SMILES string of the molecule is CCc1ccccc1NC(=S)NCCN1CCOCC1. The molecule has 1 fully saturated rings. The number of anilines is 1. The molecule has 1 aliphatic heterocycles. The van der Waals surface area contributed by atoms with Crippen molar-refractivity contribution in [2.75, 3.05) is 44.7 Å². The molecule has 4 nitrogen and oxygen atoms in total. The molecule has 0 amide bonds. The van der Waals surface area contributed by atoms with E-state index in [2.05, 4.69) is 40.7 Å². The summed E-state index contributed by atoms with van der Waals surface area (Å²) in [7, 11) is 0. The summed E-state index contributed by atoms with van der Waals surface area (Å²) < 4.78 is 5.33. The number of ether oxygens (including phenoxy) is 1. The Morgan fingerprint density at radius 3 is 2.80 bits per heavy atom. The summed E-state index contributed by atoms with van der Waals surface area (Å²) in [5, 5.41) is 7.24. The molecule has 20 heavy (non-hydrogen) atoms. The first-order valence-corrected chi connectivity index (χ1v) is 7.63. The number of rotatable bonds is 5. The van der Waals surface area contributed by atoms with E-state index in [1.807, 2.05) is 6.07 Å². The summed E-state index contributed by atoms with van der Waals surface area (Å²) in [5.74, 6) is 0. The molecule has 0 radical (unpaired) electrons. The third-order valence-corrected chi connectivity index (χ3v) is 3.71. The maximum atomic E-state index is 5.34. The minimum atomic E-state index is 0.694. The minimum Gasteiger partial charge on any atom is -0.379 e. The molecule has 1 aromatic rings. The molecule has 0 atom stereocenters. The lowest BCUT2D eigenvalue weighted by Crippen LogP contribution is -2.42. The van der Waals surface area contributed by atoms with E-state index in [1.165, 1.54) is 5.56 Å². The monoisotopic (exact) mass is 293 g/mol. The maximum absolute atomic E-state index is 5.34. The van der Waals surface area contributed by atoms with Crippen LogP contribution in [0.1, 0.15) is 12.5 Å². The largest absolute Gasteiger partial charge is 0.379 e. The van der Waals surface area contributed by atoms with Gasteiger partial charge in [0.15, 0.2) is 5.11 Å². The molecule has 0 unspecified atom stereocenters. The fourth-order valence-corrected chi connectivity index (χ4v) is 2.48. The molecular formula is C15H23N3OS.